The molecule has 0 radical (unpaired) electrons. The van der Waals surface area contributed by atoms with E-state index in [1.54, 1.807) is 0 Å². The Hall–Kier alpha value is -2.76. The van der Waals surface area contributed by atoms with Crippen LogP contribution in [0.2, 0.25) is 0 Å². The Bertz CT molecular complexity index is 1030. The van der Waals surface area contributed by atoms with Crippen LogP contribution in [-0.4, -0.2) is 17.1 Å². The molecule has 0 amide bonds. The second-order valence-electron chi connectivity index (χ2n) is 8.18. The number of nitrogens with one attached hydrogen (secondary N) is 2. The van der Waals surface area contributed by atoms with E-state index in [1.165, 1.54) is 7.11 Å². The number of aromatic nitrogens is 3. The zero-order chi connectivity index (χ0) is 20.4. The monoisotopic (exact) mass is 383 g/mol. The molecular formula is C22H29N3O3. The van der Waals surface area contributed by atoms with Crippen molar-refractivity contribution in [1.82, 2.24) is 9.97 Å². The van der Waals surface area contributed by atoms with Crippen molar-refractivity contribution in [1.29, 1.82) is 0 Å². The van der Waals surface area contributed by atoms with Crippen LogP contribution in [0.1, 0.15) is 50.3 Å². The van der Waals surface area contributed by atoms with Crippen molar-refractivity contribution < 1.29 is 9.47 Å². The summed E-state index contributed by atoms with van der Waals surface area (Å²) in [4.78, 5) is 19.0. The van der Waals surface area contributed by atoms with Crippen LogP contribution >= 0.6 is 0 Å². The highest BCUT2D eigenvalue weighted by Crippen LogP contribution is 2.28. The molecule has 6 heteroatoms. The molecule has 2 N–H and O–H groups in total. The van der Waals surface area contributed by atoms with E-state index in [4.69, 9.17) is 4.74 Å². The molecule has 0 atom stereocenters. The Kier molecular flexibility index (Phi) is 5.77. The first-order valence-electron chi connectivity index (χ1n) is 9.81. The Balaban J connectivity index is 2.12. The summed E-state index contributed by atoms with van der Waals surface area (Å²) in [5.74, 6) is 0.838. The first-order chi connectivity index (χ1) is 13.3. The second-order valence-corrected chi connectivity index (χ2v) is 8.18. The smallest absolute Gasteiger partial charge is 0.400 e. The van der Waals surface area contributed by atoms with Crippen LogP contribution < -0.4 is 15.0 Å². The number of H-pyrrole nitrogens is 2. The number of nitrogens with zero attached hydrogens (tertiary/aromatic N) is 1. The highest BCUT2D eigenvalue weighted by atomic mass is 16.5. The van der Waals surface area contributed by atoms with Crippen molar-refractivity contribution in [3.05, 3.63) is 62.5 Å². The zero-order valence-electron chi connectivity index (χ0n) is 17.3. The number of rotatable bonds is 7. The maximum atomic E-state index is 12.8. The summed E-state index contributed by atoms with van der Waals surface area (Å²) in [6, 6.07) is 8.10. The molecule has 3 aromatic rings. The number of benzene rings is 1. The third-order valence-corrected chi connectivity index (χ3v) is 4.88. The lowest BCUT2D eigenvalue weighted by atomic mass is 9.99. The average Bonchev–Trinajstić information content (AvgIpc) is 2.95. The predicted molar refractivity (Wildman–Crippen MR) is 111 cm³/mol. The molecule has 150 valence electrons. The second kappa shape index (κ2) is 8.09. The molecular weight excluding hydrogens is 354 g/mol. The number of methoxy groups -OCH3 is 1. The van der Waals surface area contributed by atoms with Gasteiger partial charge in [0.15, 0.2) is 0 Å². The van der Waals surface area contributed by atoms with Gasteiger partial charge >= 0.3 is 11.4 Å². The van der Waals surface area contributed by atoms with Gasteiger partial charge in [-0.15, -0.1) is 4.73 Å². The third kappa shape index (κ3) is 3.91. The van der Waals surface area contributed by atoms with Gasteiger partial charge in [0.2, 0.25) is 0 Å². The first-order valence-corrected chi connectivity index (χ1v) is 9.81. The molecule has 2 heterocycles. The van der Waals surface area contributed by atoms with Gasteiger partial charge in [0.25, 0.3) is 5.69 Å². The predicted octanol–water partition coefficient (Wildman–Crippen LogP) is 3.49. The maximum Gasteiger partial charge on any atom is 0.400 e. The van der Waals surface area contributed by atoms with Crippen LogP contribution in [0.3, 0.4) is 0 Å². The topological polar surface area (TPSA) is 84.8 Å². The number of ether oxygens (including phenoxy) is 1. The number of aromatic amines is 2. The van der Waals surface area contributed by atoms with E-state index in [9.17, 15) is 10.0 Å². The van der Waals surface area contributed by atoms with Gasteiger partial charge in [-0.05, 0) is 29.9 Å². The van der Waals surface area contributed by atoms with Crippen molar-refractivity contribution in [2.24, 2.45) is 11.8 Å². The number of para-hydroxylation sites is 1. The molecule has 0 saturated carbocycles. The zero-order valence-corrected chi connectivity index (χ0v) is 17.3. The van der Waals surface area contributed by atoms with E-state index in [0.717, 1.165) is 28.6 Å². The van der Waals surface area contributed by atoms with Crippen LogP contribution in [0, 0.1) is 17.0 Å². The standard InChI is InChI=1S/C22H29N3O3/c1-13(2)10-18-16(15-8-6-7-9-17(15)23-18)12-19-22(28-5)25(27)20(11-14(3)4)21(26)24-19/h6-9,13-14,23H,10-12H2,1-5H3,(H,24,26). The van der Waals surface area contributed by atoms with Gasteiger partial charge < -0.3 is 19.9 Å². The summed E-state index contributed by atoms with van der Waals surface area (Å²) in [6.45, 7) is 8.29. The molecule has 28 heavy (non-hydrogen) atoms. The highest BCUT2D eigenvalue weighted by Gasteiger charge is 2.25. The first kappa shape index (κ1) is 20.0. The normalized spacial score (nSPS) is 11.7. The van der Waals surface area contributed by atoms with Crippen molar-refractivity contribution in [2.75, 3.05) is 7.11 Å². The minimum Gasteiger partial charge on any atom is -0.616 e. The lowest BCUT2D eigenvalue weighted by Gasteiger charge is -2.13. The largest absolute Gasteiger partial charge is 0.616 e. The molecule has 0 saturated heterocycles. The summed E-state index contributed by atoms with van der Waals surface area (Å²) in [7, 11) is 1.47. The quantitative estimate of drug-likeness (QED) is 0.484. The fraction of sp³-hybridized carbons (Fsp3) is 0.455. The van der Waals surface area contributed by atoms with Crippen molar-refractivity contribution in [2.45, 2.75) is 47.0 Å². The minimum absolute atomic E-state index is 0.163. The average molecular weight is 383 g/mol. The van der Waals surface area contributed by atoms with E-state index in [2.05, 4.69) is 29.9 Å². The molecule has 1 aromatic carbocycles. The Morgan fingerprint density at radius 1 is 1.04 bits per heavy atom. The van der Waals surface area contributed by atoms with E-state index in [1.807, 2.05) is 32.0 Å². The Labute approximate surface area is 165 Å². The minimum atomic E-state index is -0.343. The number of hydrogen-bond acceptors (Lipinski definition) is 3. The summed E-state index contributed by atoms with van der Waals surface area (Å²) in [5, 5.41) is 13.9. The lowest BCUT2D eigenvalue weighted by molar-refractivity contribution is -0.622. The molecule has 3 rings (SSSR count). The van der Waals surface area contributed by atoms with Crippen LogP contribution in [0.25, 0.3) is 10.9 Å². The van der Waals surface area contributed by atoms with Gasteiger partial charge in [0.05, 0.1) is 7.11 Å². The third-order valence-electron chi connectivity index (χ3n) is 4.88. The van der Waals surface area contributed by atoms with Gasteiger partial charge in [-0.25, -0.2) is 0 Å². The molecule has 6 nitrogen and oxygen atoms in total. The summed E-state index contributed by atoms with van der Waals surface area (Å²) in [5.41, 5.74) is 3.63. The number of fused-ring (bicyclic) bond motifs is 1. The molecule has 0 bridgehead atoms. The van der Waals surface area contributed by atoms with Gasteiger partial charge in [-0.3, -0.25) is 4.79 Å². The van der Waals surface area contributed by atoms with Gasteiger partial charge in [0.1, 0.15) is 5.69 Å². The summed E-state index contributed by atoms with van der Waals surface area (Å²) in [6.07, 6.45) is 1.72. The van der Waals surface area contributed by atoms with Crippen molar-refractivity contribution in [3.63, 3.8) is 0 Å². The van der Waals surface area contributed by atoms with E-state index < -0.39 is 0 Å². The maximum absolute atomic E-state index is 12.8. The Morgan fingerprint density at radius 2 is 1.71 bits per heavy atom. The summed E-state index contributed by atoms with van der Waals surface area (Å²) < 4.78 is 6.06. The van der Waals surface area contributed by atoms with Gasteiger partial charge in [0, 0.05) is 29.4 Å². The SMILES string of the molecule is COc1c(Cc2c(CC(C)C)[nH]c3ccccc23)[nH]c(=O)c(CC(C)C)[n+]1[O-]. The molecule has 0 aliphatic carbocycles. The summed E-state index contributed by atoms with van der Waals surface area (Å²) >= 11 is 0. The molecule has 0 aliphatic heterocycles. The Morgan fingerprint density at radius 3 is 2.36 bits per heavy atom. The van der Waals surface area contributed by atoms with E-state index in [-0.39, 0.29) is 23.1 Å². The van der Waals surface area contributed by atoms with Crippen molar-refractivity contribution in [3.8, 4) is 5.88 Å². The highest BCUT2D eigenvalue weighted by molar-refractivity contribution is 5.85. The van der Waals surface area contributed by atoms with Crippen LogP contribution in [0.15, 0.2) is 29.1 Å². The van der Waals surface area contributed by atoms with Crippen LogP contribution in [0.4, 0.5) is 0 Å². The molecule has 0 spiro atoms. The number of hydrogen-bond donors (Lipinski definition) is 2. The molecule has 0 fully saturated rings. The fourth-order valence-corrected chi connectivity index (χ4v) is 3.71. The lowest BCUT2D eigenvalue weighted by Crippen LogP contribution is -2.43. The van der Waals surface area contributed by atoms with Gasteiger partial charge in [-0.1, -0.05) is 45.9 Å². The molecule has 0 unspecified atom stereocenters. The van der Waals surface area contributed by atoms with Crippen LogP contribution in [-0.2, 0) is 19.3 Å². The van der Waals surface area contributed by atoms with Crippen molar-refractivity contribution >= 4 is 10.9 Å². The fourth-order valence-electron chi connectivity index (χ4n) is 3.71. The van der Waals surface area contributed by atoms with Crippen LogP contribution in [0.5, 0.6) is 5.88 Å². The van der Waals surface area contributed by atoms with E-state index >= 15 is 0 Å². The molecule has 2 aromatic heterocycles. The van der Waals surface area contributed by atoms with E-state index in [0.29, 0.717) is 29.2 Å². The molecule has 0 aliphatic rings. The van der Waals surface area contributed by atoms with Gasteiger partial charge in [-0.2, -0.15) is 0 Å².